The monoisotopic (exact) mass is 536 g/mol. The lowest BCUT2D eigenvalue weighted by Gasteiger charge is -2.15. The van der Waals surface area contributed by atoms with E-state index in [9.17, 15) is 13.5 Å². The minimum atomic E-state index is -3.32. The molecule has 1 atom stereocenters. The molecule has 4 rings (SSSR count). The van der Waals surface area contributed by atoms with Crippen LogP contribution in [0.25, 0.3) is 11.4 Å². The number of sulfone groups is 1. The molecule has 38 heavy (non-hydrogen) atoms. The summed E-state index contributed by atoms with van der Waals surface area (Å²) >= 11 is 0. The highest BCUT2D eigenvalue weighted by molar-refractivity contribution is 7.90. The second kappa shape index (κ2) is 11.9. The number of aliphatic hydroxyl groups is 1. The van der Waals surface area contributed by atoms with Crippen molar-refractivity contribution < 1.29 is 32.5 Å². The quantitative estimate of drug-likeness (QED) is 0.291. The van der Waals surface area contributed by atoms with Crippen molar-refractivity contribution in [1.29, 1.82) is 0 Å². The Labute approximate surface area is 221 Å². The van der Waals surface area contributed by atoms with Gasteiger partial charge in [-0.05, 0) is 61.0 Å². The Hall–Kier alpha value is -4.15. The van der Waals surface area contributed by atoms with Gasteiger partial charge in [0, 0.05) is 30.1 Å². The number of ether oxygens (including phenoxy) is 4. The van der Waals surface area contributed by atoms with Crippen molar-refractivity contribution in [2.24, 2.45) is 0 Å². The molecule has 9 nitrogen and oxygen atoms in total. The highest BCUT2D eigenvalue weighted by atomic mass is 32.2. The van der Waals surface area contributed by atoms with Crippen molar-refractivity contribution in [1.82, 2.24) is 9.97 Å². The number of hydrogen-bond donors (Lipinski definition) is 1. The van der Waals surface area contributed by atoms with Crippen LogP contribution >= 0.6 is 0 Å². The van der Waals surface area contributed by atoms with Gasteiger partial charge in [0.1, 0.15) is 35.7 Å². The van der Waals surface area contributed by atoms with Crippen molar-refractivity contribution in [2.75, 3.05) is 20.0 Å². The molecule has 0 saturated carbocycles. The van der Waals surface area contributed by atoms with Crippen molar-refractivity contribution in [3.63, 3.8) is 0 Å². The van der Waals surface area contributed by atoms with E-state index in [1.165, 1.54) is 12.1 Å². The zero-order chi connectivity index (χ0) is 27.1. The minimum Gasteiger partial charge on any atom is -0.497 e. The van der Waals surface area contributed by atoms with E-state index in [0.29, 0.717) is 41.1 Å². The summed E-state index contributed by atoms with van der Waals surface area (Å²) in [5, 5.41) is 9.44. The van der Waals surface area contributed by atoms with Crippen LogP contribution < -0.4 is 18.9 Å². The predicted octanol–water partition coefficient (Wildman–Crippen LogP) is 4.69. The molecule has 0 aliphatic heterocycles. The number of methoxy groups -OCH3 is 1. The first kappa shape index (κ1) is 26.9. The molecule has 1 N–H and O–H groups in total. The minimum absolute atomic E-state index is 0.168. The molecule has 0 amide bonds. The largest absolute Gasteiger partial charge is 0.497 e. The summed E-state index contributed by atoms with van der Waals surface area (Å²) in [4.78, 5) is 9.11. The maximum Gasteiger partial charge on any atom is 0.217 e. The summed E-state index contributed by atoms with van der Waals surface area (Å²) in [5.41, 5.74) is 1.56. The van der Waals surface area contributed by atoms with E-state index >= 15 is 0 Å². The van der Waals surface area contributed by atoms with Gasteiger partial charge in [-0.15, -0.1) is 0 Å². The van der Waals surface area contributed by atoms with Crippen LogP contribution in [0.5, 0.6) is 28.9 Å². The maximum atomic E-state index is 11.8. The van der Waals surface area contributed by atoms with E-state index in [1.54, 1.807) is 56.6 Å². The summed E-state index contributed by atoms with van der Waals surface area (Å²) in [6.45, 7) is 1.88. The summed E-state index contributed by atoms with van der Waals surface area (Å²) < 4.78 is 46.4. The number of aromatic nitrogens is 2. The third-order valence-electron chi connectivity index (χ3n) is 5.40. The number of hydrogen-bond acceptors (Lipinski definition) is 9. The van der Waals surface area contributed by atoms with Crippen molar-refractivity contribution in [2.45, 2.75) is 24.5 Å². The topological polar surface area (TPSA) is 117 Å². The standard InChI is InChI=1S/C28H28N2O7S/c1-19(17-31)36-24-14-21(15-25(16-24)37-23-8-10-26(11-9-23)38(3,32)33)28-29-13-12-27(30-28)35-18-20-4-6-22(34-2)7-5-20/h4-16,19,31H,17-18H2,1-3H3/t19-/m0/s1. The zero-order valence-electron chi connectivity index (χ0n) is 21.2. The van der Waals surface area contributed by atoms with Gasteiger partial charge in [0.15, 0.2) is 15.7 Å². The van der Waals surface area contributed by atoms with Crippen LogP contribution in [0.2, 0.25) is 0 Å². The van der Waals surface area contributed by atoms with Gasteiger partial charge in [0.2, 0.25) is 5.88 Å². The van der Waals surface area contributed by atoms with E-state index in [0.717, 1.165) is 17.6 Å². The van der Waals surface area contributed by atoms with E-state index < -0.39 is 15.9 Å². The van der Waals surface area contributed by atoms with Gasteiger partial charge in [-0.1, -0.05) is 12.1 Å². The first-order valence-corrected chi connectivity index (χ1v) is 13.6. The fourth-order valence-corrected chi connectivity index (χ4v) is 4.06. The Morgan fingerprint density at radius 1 is 0.895 bits per heavy atom. The van der Waals surface area contributed by atoms with Gasteiger partial charge in [-0.25, -0.2) is 13.4 Å². The van der Waals surface area contributed by atoms with E-state index in [2.05, 4.69) is 9.97 Å². The molecule has 4 aromatic rings. The van der Waals surface area contributed by atoms with Crippen LogP contribution in [0, 0.1) is 0 Å². The zero-order valence-corrected chi connectivity index (χ0v) is 22.0. The Morgan fingerprint density at radius 2 is 1.58 bits per heavy atom. The molecule has 10 heteroatoms. The van der Waals surface area contributed by atoms with Crippen LogP contribution in [0.3, 0.4) is 0 Å². The highest BCUT2D eigenvalue weighted by Gasteiger charge is 2.13. The molecule has 0 fully saturated rings. The molecule has 0 bridgehead atoms. The first-order chi connectivity index (χ1) is 18.2. The summed E-state index contributed by atoms with van der Waals surface area (Å²) in [7, 11) is -1.71. The van der Waals surface area contributed by atoms with Crippen LogP contribution in [-0.4, -0.2) is 49.6 Å². The second-order valence-corrected chi connectivity index (χ2v) is 10.5. The molecule has 0 spiro atoms. The lowest BCUT2D eigenvalue weighted by atomic mass is 10.2. The second-order valence-electron chi connectivity index (χ2n) is 8.51. The van der Waals surface area contributed by atoms with Gasteiger partial charge in [-0.3, -0.25) is 0 Å². The normalized spacial score (nSPS) is 12.0. The lowest BCUT2D eigenvalue weighted by molar-refractivity contribution is 0.129. The average Bonchev–Trinajstić information content (AvgIpc) is 2.92. The summed E-state index contributed by atoms with van der Waals surface area (Å²) in [6.07, 6.45) is 2.29. The number of nitrogens with zero attached hydrogens (tertiary/aromatic N) is 2. The molecular formula is C28H28N2O7S. The van der Waals surface area contributed by atoms with Crippen LogP contribution in [0.4, 0.5) is 0 Å². The average molecular weight is 537 g/mol. The first-order valence-electron chi connectivity index (χ1n) is 11.7. The van der Waals surface area contributed by atoms with Crippen LogP contribution in [0.15, 0.2) is 83.9 Å². The van der Waals surface area contributed by atoms with Crippen LogP contribution in [0.1, 0.15) is 12.5 Å². The molecular weight excluding hydrogens is 508 g/mol. The van der Waals surface area contributed by atoms with E-state index in [4.69, 9.17) is 18.9 Å². The Morgan fingerprint density at radius 3 is 2.24 bits per heavy atom. The van der Waals surface area contributed by atoms with Crippen LogP contribution in [-0.2, 0) is 16.4 Å². The number of aliphatic hydroxyl groups excluding tert-OH is 1. The van der Waals surface area contributed by atoms with Gasteiger partial charge < -0.3 is 24.1 Å². The smallest absolute Gasteiger partial charge is 0.217 e. The molecule has 0 radical (unpaired) electrons. The van der Waals surface area contributed by atoms with Gasteiger partial charge in [0.25, 0.3) is 0 Å². The van der Waals surface area contributed by atoms with Gasteiger partial charge in [-0.2, -0.15) is 4.98 Å². The van der Waals surface area contributed by atoms with E-state index in [1.807, 2.05) is 24.3 Å². The lowest BCUT2D eigenvalue weighted by Crippen LogP contribution is -2.16. The number of benzene rings is 3. The van der Waals surface area contributed by atoms with Crippen molar-refractivity contribution in [3.05, 3.63) is 84.6 Å². The van der Waals surface area contributed by atoms with Crippen molar-refractivity contribution >= 4 is 9.84 Å². The predicted molar refractivity (Wildman–Crippen MR) is 142 cm³/mol. The third-order valence-corrected chi connectivity index (χ3v) is 6.52. The molecule has 1 heterocycles. The molecule has 0 aliphatic carbocycles. The molecule has 0 saturated heterocycles. The molecule has 1 aromatic heterocycles. The number of rotatable bonds is 11. The fourth-order valence-electron chi connectivity index (χ4n) is 3.43. The Bertz CT molecular complexity index is 1470. The fraction of sp³-hybridized carbons (Fsp3) is 0.214. The Kier molecular flexibility index (Phi) is 8.45. The summed E-state index contributed by atoms with van der Waals surface area (Å²) in [6, 6.07) is 20.5. The van der Waals surface area contributed by atoms with Gasteiger partial charge >= 0.3 is 0 Å². The SMILES string of the molecule is COc1ccc(COc2ccnc(-c3cc(Oc4ccc(S(C)(=O)=O)cc4)cc(O[C@@H](C)CO)c3)n2)cc1. The summed E-state index contributed by atoms with van der Waals surface area (Å²) in [5.74, 6) is 2.84. The van der Waals surface area contributed by atoms with Crippen molar-refractivity contribution in [3.8, 4) is 40.3 Å². The van der Waals surface area contributed by atoms with E-state index in [-0.39, 0.29) is 11.5 Å². The molecule has 0 aliphatic rings. The third kappa shape index (κ3) is 7.21. The van der Waals surface area contributed by atoms with Gasteiger partial charge in [0.05, 0.1) is 18.6 Å². The molecule has 0 unspecified atom stereocenters. The Balaban J connectivity index is 1.58. The molecule has 198 valence electrons. The highest BCUT2D eigenvalue weighted by Crippen LogP contribution is 2.32. The maximum absolute atomic E-state index is 11.8. The molecule has 3 aromatic carbocycles.